The molecule has 7 nitrogen and oxygen atoms in total. The molecule has 1 aliphatic rings. The minimum atomic E-state index is -3.73. The highest BCUT2D eigenvalue weighted by atomic mass is 32.2. The molecule has 1 aliphatic heterocycles. The Labute approximate surface area is 129 Å². The van der Waals surface area contributed by atoms with Crippen LogP contribution in [0.15, 0.2) is 23.1 Å². The van der Waals surface area contributed by atoms with E-state index in [0.29, 0.717) is 24.4 Å². The summed E-state index contributed by atoms with van der Waals surface area (Å²) in [5.41, 5.74) is 0.455. The zero-order chi connectivity index (χ0) is 16.3. The Bertz CT molecular complexity index is 659. The van der Waals surface area contributed by atoms with Crippen LogP contribution in [0.1, 0.15) is 20.3 Å². The van der Waals surface area contributed by atoms with Gasteiger partial charge in [0.2, 0.25) is 15.9 Å². The standard InChI is InChI=1S/C14H20N2O5S/c1-3-14(18)16-9-10(2)21-13-5-4-11(8-12(13)16)22(19,20)15-6-7-17/h4-5,8,10,15,17H,3,6-7,9H2,1-2H3. The third-order valence-electron chi connectivity index (χ3n) is 3.31. The fourth-order valence-corrected chi connectivity index (χ4v) is 3.32. The maximum atomic E-state index is 12.1. The number of aliphatic hydroxyl groups excluding tert-OH is 1. The smallest absolute Gasteiger partial charge is 0.240 e. The maximum Gasteiger partial charge on any atom is 0.240 e. The fourth-order valence-electron chi connectivity index (χ4n) is 2.27. The largest absolute Gasteiger partial charge is 0.487 e. The number of carbonyl (C=O) groups excluding carboxylic acids is 1. The molecule has 8 heteroatoms. The molecule has 2 rings (SSSR count). The van der Waals surface area contributed by atoms with Gasteiger partial charge in [-0.25, -0.2) is 13.1 Å². The van der Waals surface area contributed by atoms with Crippen LogP contribution in [-0.2, 0) is 14.8 Å². The SMILES string of the molecule is CCC(=O)N1CC(C)Oc2ccc(S(=O)(=O)NCCO)cc21. The van der Waals surface area contributed by atoms with E-state index in [1.54, 1.807) is 17.9 Å². The van der Waals surface area contributed by atoms with Crippen LogP contribution in [0.4, 0.5) is 5.69 Å². The van der Waals surface area contributed by atoms with Crippen LogP contribution in [-0.4, -0.2) is 45.2 Å². The summed E-state index contributed by atoms with van der Waals surface area (Å²) in [6.07, 6.45) is 0.171. The van der Waals surface area contributed by atoms with Gasteiger partial charge in [-0.1, -0.05) is 6.92 Å². The lowest BCUT2D eigenvalue weighted by Crippen LogP contribution is -2.42. The van der Waals surface area contributed by atoms with Crippen molar-refractivity contribution >= 4 is 21.6 Å². The number of aliphatic hydroxyl groups is 1. The number of hydrogen-bond donors (Lipinski definition) is 2. The Morgan fingerprint density at radius 2 is 2.23 bits per heavy atom. The third kappa shape index (κ3) is 3.40. The molecule has 0 aromatic heterocycles. The second-order valence-corrected chi connectivity index (χ2v) is 6.80. The number of ether oxygens (including phenoxy) is 1. The number of rotatable bonds is 5. The summed E-state index contributed by atoms with van der Waals surface area (Å²) in [6, 6.07) is 4.40. The van der Waals surface area contributed by atoms with Crippen LogP contribution < -0.4 is 14.4 Å². The highest BCUT2D eigenvalue weighted by Gasteiger charge is 2.28. The van der Waals surface area contributed by atoms with Gasteiger partial charge in [-0.05, 0) is 25.1 Å². The van der Waals surface area contributed by atoms with Gasteiger partial charge in [0.05, 0.1) is 23.7 Å². The number of carbonyl (C=O) groups is 1. The van der Waals surface area contributed by atoms with E-state index >= 15 is 0 Å². The molecule has 122 valence electrons. The van der Waals surface area contributed by atoms with Crippen molar-refractivity contribution in [3.63, 3.8) is 0 Å². The van der Waals surface area contributed by atoms with Crippen LogP contribution in [0.25, 0.3) is 0 Å². The van der Waals surface area contributed by atoms with E-state index < -0.39 is 10.0 Å². The summed E-state index contributed by atoms with van der Waals surface area (Å²) < 4.78 is 32.2. The number of hydrogen-bond acceptors (Lipinski definition) is 5. The van der Waals surface area contributed by atoms with Crippen LogP contribution >= 0.6 is 0 Å². The number of fused-ring (bicyclic) bond motifs is 1. The topological polar surface area (TPSA) is 95.9 Å². The van der Waals surface area contributed by atoms with Crippen LogP contribution in [0.3, 0.4) is 0 Å². The Morgan fingerprint density at radius 3 is 2.86 bits per heavy atom. The first-order valence-corrected chi connectivity index (χ1v) is 8.59. The average Bonchev–Trinajstić information content (AvgIpc) is 2.50. The van der Waals surface area contributed by atoms with Crippen molar-refractivity contribution in [3.05, 3.63) is 18.2 Å². The minimum Gasteiger partial charge on any atom is -0.487 e. The van der Waals surface area contributed by atoms with Crippen molar-refractivity contribution in [1.82, 2.24) is 4.72 Å². The van der Waals surface area contributed by atoms with Crippen molar-refractivity contribution in [2.45, 2.75) is 31.3 Å². The molecule has 1 aromatic rings. The molecular weight excluding hydrogens is 308 g/mol. The Balaban J connectivity index is 2.42. The molecule has 1 heterocycles. The van der Waals surface area contributed by atoms with E-state index in [1.165, 1.54) is 12.1 Å². The Hall–Kier alpha value is -1.64. The first-order chi connectivity index (χ1) is 10.4. The number of nitrogens with zero attached hydrogens (tertiary/aromatic N) is 1. The average molecular weight is 328 g/mol. The van der Waals surface area contributed by atoms with Gasteiger partial charge in [-0.2, -0.15) is 0 Å². The molecule has 22 heavy (non-hydrogen) atoms. The molecule has 0 spiro atoms. The number of sulfonamides is 1. The zero-order valence-electron chi connectivity index (χ0n) is 12.6. The van der Waals surface area contributed by atoms with Crippen molar-refractivity contribution in [2.75, 3.05) is 24.6 Å². The molecule has 0 saturated heterocycles. The van der Waals surface area contributed by atoms with Gasteiger partial charge in [0.25, 0.3) is 0 Å². The van der Waals surface area contributed by atoms with E-state index in [0.717, 1.165) is 0 Å². The van der Waals surface area contributed by atoms with E-state index in [-0.39, 0.29) is 30.1 Å². The molecule has 1 aromatic carbocycles. The maximum absolute atomic E-state index is 12.1. The van der Waals surface area contributed by atoms with Gasteiger partial charge < -0.3 is 14.7 Å². The van der Waals surface area contributed by atoms with Crippen LogP contribution in [0.5, 0.6) is 5.75 Å². The fraction of sp³-hybridized carbons (Fsp3) is 0.500. The van der Waals surface area contributed by atoms with Gasteiger partial charge in [-0.15, -0.1) is 0 Å². The van der Waals surface area contributed by atoms with E-state index in [1.807, 2.05) is 6.92 Å². The molecule has 0 bridgehead atoms. The number of nitrogens with one attached hydrogen (secondary N) is 1. The summed E-state index contributed by atoms with van der Waals surface area (Å²) in [5.74, 6) is 0.399. The molecule has 0 aliphatic carbocycles. The summed E-state index contributed by atoms with van der Waals surface area (Å²) in [5, 5.41) is 8.74. The predicted octanol–water partition coefficient (Wildman–Crippen LogP) is 0.481. The van der Waals surface area contributed by atoms with Gasteiger partial charge in [0, 0.05) is 13.0 Å². The van der Waals surface area contributed by atoms with Gasteiger partial charge >= 0.3 is 0 Å². The lowest BCUT2D eigenvalue weighted by Gasteiger charge is -2.33. The quantitative estimate of drug-likeness (QED) is 0.820. The van der Waals surface area contributed by atoms with E-state index in [4.69, 9.17) is 9.84 Å². The summed E-state index contributed by atoms with van der Waals surface area (Å²) >= 11 is 0. The lowest BCUT2D eigenvalue weighted by atomic mass is 10.2. The number of amides is 1. The van der Waals surface area contributed by atoms with E-state index in [9.17, 15) is 13.2 Å². The highest BCUT2D eigenvalue weighted by Crippen LogP contribution is 2.35. The number of benzene rings is 1. The third-order valence-corrected chi connectivity index (χ3v) is 4.77. The first kappa shape index (κ1) is 16.7. The second-order valence-electron chi connectivity index (χ2n) is 5.04. The molecule has 1 unspecified atom stereocenters. The van der Waals surface area contributed by atoms with Crippen LogP contribution in [0, 0.1) is 0 Å². The summed E-state index contributed by atoms with van der Waals surface area (Å²) in [6.45, 7) is 3.64. The molecule has 0 saturated carbocycles. The molecule has 0 fully saturated rings. The lowest BCUT2D eigenvalue weighted by molar-refractivity contribution is -0.118. The first-order valence-electron chi connectivity index (χ1n) is 7.10. The molecular formula is C14H20N2O5S. The monoisotopic (exact) mass is 328 g/mol. The minimum absolute atomic E-state index is 0.0340. The molecule has 0 radical (unpaired) electrons. The second kappa shape index (κ2) is 6.64. The molecule has 1 amide bonds. The Kier molecular flexibility index (Phi) is 5.05. The zero-order valence-corrected chi connectivity index (χ0v) is 13.4. The van der Waals surface area contributed by atoms with Crippen molar-refractivity contribution in [3.8, 4) is 5.75 Å². The highest BCUT2D eigenvalue weighted by molar-refractivity contribution is 7.89. The summed E-state index contributed by atoms with van der Waals surface area (Å²) in [4.78, 5) is 13.7. The van der Waals surface area contributed by atoms with Crippen molar-refractivity contribution in [2.24, 2.45) is 0 Å². The Morgan fingerprint density at radius 1 is 1.50 bits per heavy atom. The van der Waals surface area contributed by atoms with Gasteiger partial charge in [0.15, 0.2) is 0 Å². The summed E-state index contributed by atoms with van der Waals surface area (Å²) in [7, 11) is -3.73. The van der Waals surface area contributed by atoms with Gasteiger partial charge in [0.1, 0.15) is 11.9 Å². The number of anilines is 1. The predicted molar refractivity (Wildman–Crippen MR) is 81.5 cm³/mol. The molecule has 1 atom stereocenters. The van der Waals surface area contributed by atoms with Crippen LogP contribution in [0.2, 0.25) is 0 Å². The van der Waals surface area contributed by atoms with Gasteiger partial charge in [-0.3, -0.25) is 4.79 Å². The van der Waals surface area contributed by atoms with Crippen molar-refractivity contribution < 1.29 is 23.1 Å². The molecule has 2 N–H and O–H groups in total. The van der Waals surface area contributed by atoms with Crippen molar-refractivity contribution in [1.29, 1.82) is 0 Å². The normalized spacial score (nSPS) is 17.8. The van der Waals surface area contributed by atoms with E-state index in [2.05, 4.69) is 4.72 Å².